The molecule has 1 aromatic heterocycles. The number of carbonyl (C=O) groups is 1. The molecule has 0 aliphatic heterocycles. The van der Waals surface area contributed by atoms with Gasteiger partial charge in [-0.05, 0) is 25.1 Å². The van der Waals surface area contributed by atoms with E-state index >= 15 is 0 Å². The normalized spacial score (nSPS) is 10.3. The van der Waals surface area contributed by atoms with Gasteiger partial charge in [-0.25, -0.2) is 4.98 Å². The SMILES string of the molecule is Cc1cnc(CNC(=O)c2ccc(Cl)cc2N)o1. The lowest BCUT2D eigenvalue weighted by atomic mass is 10.1. The summed E-state index contributed by atoms with van der Waals surface area (Å²) in [5, 5.41) is 3.16. The summed E-state index contributed by atoms with van der Waals surface area (Å²) in [5.41, 5.74) is 6.43. The molecule has 1 aromatic carbocycles. The van der Waals surface area contributed by atoms with Crippen molar-refractivity contribution in [2.45, 2.75) is 13.5 Å². The Morgan fingerprint density at radius 2 is 2.33 bits per heavy atom. The highest BCUT2D eigenvalue weighted by molar-refractivity contribution is 6.31. The van der Waals surface area contributed by atoms with Gasteiger partial charge in [0, 0.05) is 10.7 Å². The van der Waals surface area contributed by atoms with Crippen LogP contribution in [0.1, 0.15) is 22.0 Å². The summed E-state index contributed by atoms with van der Waals surface area (Å²) in [6.07, 6.45) is 1.60. The number of hydrogen-bond acceptors (Lipinski definition) is 4. The number of nitrogens with zero attached hydrogens (tertiary/aromatic N) is 1. The molecular weight excluding hydrogens is 254 g/mol. The quantitative estimate of drug-likeness (QED) is 0.833. The van der Waals surface area contributed by atoms with Crippen molar-refractivity contribution in [2.75, 3.05) is 5.73 Å². The average Bonchev–Trinajstić information content (AvgIpc) is 2.72. The number of aryl methyl sites for hydroxylation is 1. The fraction of sp³-hybridized carbons (Fsp3) is 0.167. The van der Waals surface area contributed by atoms with Gasteiger partial charge in [-0.15, -0.1) is 0 Å². The van der Waals surface area contributed by atoms with E-state index in [1.54, 1.807) is 25.3 Å². The molecule has 2 rings (SSSR count). The predicted octanol–water partition coefficient (Wildman–Crippen LogP) is 2.15. The number of benzene rings is 1. The first kappa shape index (κ1) is 12.4. The van der Waals surface area contributed by atoms with E-state index in [2.05, 4.69) is 10.3 Å². The van der Waals surface area contributed by atoms with Gasteiger partial charge >= 0.3 is 0 Å². The molecule has 0 fully saturated rings. The Bertz CT molecular complexity index is 580. The van der Waals surface area contributed by atoms with E-state index in [-0.39, 0.29) is 12.5 Å². The molecule has 0 aliphatic carbocycles. The summed E-state index contributed by atoms with van der Waals surface area (Å²) in [4.78, 5) is 15.8. The molecule has 5 nitrogen and oxygen atoms in total. The third kappa shape index (κ3) is 2.81. The standard InChI is InChI=1S/C12H12ClN3O2/c1-7-5-15-11(18-7)6-16-12(17)9-3-2-8(13)4-10(9)14/h2-5H,6,14H2,1H3,(H,16,17). The molecule has 94 valence electrons. The Kier molecular flexibility index (Phi) is 3.53. The average molecular weight is 266 g/mol. The fourth-order valence-corrected chi connectivity index (χ4v) is 1.66. The Labute approximate surface area is 109 Å². The number of carbonyl (C=O) groups excluding carboxylic acids is 1. The molecule has 0 bridgehead atoms. The van der Waals surface area contributed by atoms with E-state index in [0.29, 0.717) is 27.9 Å². The highest BCUT2D eigenvalue weighted by Crippen LogP contribution is 2.17. The number of hydrogen-bond donors (Lipinski definition) is 2. The van der Waals surface area contributed by atoms with Crippen molar-refractivity contribution in [3.05, 3.63) is 46.6 Å². The van der Waals surface area contributed by atoms with E-state index in [1.807, 2.05) is 0 Å². The summed E-state index contributed by atoms with van der Waals surface area (Å²) in [5.74, 6) is 0.860. The van der Waals surface area contributed by atoms with Crippen LogP contribution in [0.25, 0.3) is 0 Å². The molecule has 18 heavy (non-hydrogen) atoms. The Morgan fingerprint density at radius 1 is 1.56 bits per heavy atom. The van der Waals surface area contributed by atoms with Crippen LogP contribution in [0.15, 0.2) is 28.8 Å². The monoisotopic (exact) mass is 265 g/mol. The third-order valence-electron chi connectivity index (χ3n) is 2.33. The van der Waals surface area contributed by atoms with E-state index in [9.17, 15) is 4.79 Å². The zero-order valence-electron chi connectivity index (χ0n) is 9.74. The van der Waals surface area contributed by atoms with Crippen LogP contribution in [0.2, 0.25) is 5.02 Å². The lowest BCUT2D eigenvalue weighted by Crippen LogP contribution is -2.23. The number of aromatic nitrogens is 1. The molecule has 0 aliphatic rings. The summed E-state index contributed by atoms with van der Waals surface area (Å²) in [7, 11) is 0. The molecule has 0 saturated carbocycles. The molecule has 1 amide bonds. The van der Waals surface area contributed by atoms with E-state index in [4.69, 9.17) is 21.8 Å². The minimum atomic E-state index is -0.292. The minimum Gasteiger partial charge on any atom is -0.444 e. The molecule has 2 aromatic rings. The minimum absolute atomic E-state index is 0.217. The predicted molar refractivity (Wildman–Crippen MR) is 68.3 cm³/mol. The molecule has 6 heteroatoms. The van der Waals surface area contributed by atoms with E-state index < -0.39 is 0 Å². The highest BCUT2D eigenvalue weighted by Gasteiger charge is 2.10. The van der Waals surface area contributed by atoms with Crippen molar-refractivity contribution >= 4 is 23.2 Å². The summed E-state index contributed by atoms with van der Waals surface area (Å²) in [6.45, 7) is 2.00. The summed E-state index contributed by atoms with van der Waals surface area (Å²) >= 11 is 5.76. The van der Waals surface area contributed by atoms with Gasteiger partial charge in [-0.2, -0.15) is 0 Å². The Balaban J connectivity index is 2.03. The van der Waals surface area contributed by atoms with Crippen molar-refractivity contribution in [1.82, 2.24) is 10.3 Å². The molecule has 0 atom stereocenters. The van der Waals surface area contributed by atoms with Crippen LogP contribution in [0.5, 0.6) is 0 Å². The van der Waals surface area contributed by atoms with Crippen LogP contribution >= 0.6 is 11.6 Å². The first-order chi connectivity index (χ1) is 8.56. The molecule has 0 spiro atoms. The van der Waals surface area contributed by atoms with Gasteiger partial charge in [-0.1, -0.05) is 11.6 Å². The maximum Gasteiger partial charge on any atom is 0.253 e. The van der Waals surface area contributed by atoms with Gasteiger partial charge in [-0.3, -0.25) is 4.79 Å². The molecular formula is C12H12ClN3O2. The van der Waals surface area contributed by atoms with Gasteiger partial charge in [0.1, 0.15) is 5.76 Å². The molecule has 0 saturated heterocycles. The van der Waals surface area contributed by atoms with Gasteiger partial charge in [0.2, 0.25) is 5.89 Å². The van der Waals surface area contributed by atoms with Crippen molar-refractivity contribution < 1.29 is 9.21 Å². The van der Waals surface area contributed by atoms with Gasteiger partial charge in [0.05, 0.1) is 18.3 Å². The number of amides is 1. The van der Waals surface area contributed by atoms with Crippen molar-refractivity contribution in [3.8, 4) is 0 Å². The maximum atomic E-state index is 11.9. The van der Waals surface area contributed by atoms with Gasteiger partial charge in [0.15, 0.2) is 0 Å². The van der Waals surface area contributed by atoms with Crippen molar-refractivity contribution in [3.63, 3.8) is 0 Å². The van der Waals surface area contributed by atoms with Crippen LogP contribution in [0.3, 0.4) is 0 Å². The summed E-state index contributed by atoms with van der Waals surface area (Å²) < 4.78 is 5.24. The molecule has 0 unspecified atom stereocenters. The zero-order valence-corrected chi connectivity index (χ0v) is 10.5. The Morgan fingerprint density at radius 3 is 2.94 bits per heavy atom. The lowest BCUT2D eigenvalue weighted by molar-refractivity contribution is 0.0948. The number of nitrogens with one attached hydrogen (secondary N) is 1. The fourth-order valence-electron chi connectivity index (χ4n) is 1.47. The number of oxazole rings is 1. The lowest BCUT2D eigenvalue weighted by Gasteiger charge is -2.06. The zero-order chi connectivity index (χ0) is 13.1. The van der Waals surface area contributed by atoms with Crippen LogP contribution in [0, 0.1) is 6.92 Å². The Hall–Kier alpha value is -2.01. The number of halogens is 1. The molecule has 3 N–H and O–H groups in total. The van der Waals surface area contributed by atoms with Gasteiger partial charge < -0.3 is 15.5 Å². The van der Waals surface area contributed by atoms with Crippen LogP contribution in [-0.2, 0) is 6.54 Å². The number of nitrogens with two attached hydrogens (primary N) is 1. The van der Waals surface area contributed by atoms with E-state index in [0.717, 1.165) is 0 Å². The van der Waals surface area contributed by atoms with Gasteiger partial charge in [0.25, 0.3) is 5.91 Å². The first-order valence-corrected chi connectivity index (χ1v) is 5.68. The number of nitrogen functional groups attached to an aromatic ring is 1. The first-order valence-electron chi connectivity index (χ1n) is 5.31. The maximum absolute atomic E-state index is 11.9. The van der Waals surface area contributed by atoms with Crippen LogP contribution < -0.4 is 11.1 Å². The second-order valence-corrected chi connectivity index (χ2v) is 4.22. The number of anilines is 1. The van der Waals surface area contributed by atoms with E-state index in [1.165, 1.54) is 6.07 Å². The second-order valence-electron chi connectivity index (χ2n) is 3.78. The molecule has 0 radical (unpaired) electrons. The third-order valence-corrected chi connectivity index (χ3v) is 2.56. The topological polar surface area (TPSA) is 81.2 Å². The van der Waals surface area contributed by atoms with Crippen LogP contribution in [-0.4, -0.2) is 10.9 Å². The number of rotatable bonds is 3. The molecule has 1 heterocycles. The van der Waals surface area contributed by atoms with Crippen molar-refractivity contribution in [2.24, 2.45) is 0 Å². The smallest absolute Gasteiger partial charge is 0.253 e. The highest BCUT2D eigenvalue weighted by atomic mass is 35.5. The second kappa shape index (κ2) is 5.10. The largest absolute Gasteiger partial charge is 0.444 e. The van der Waals surface area contributed by atoms with Crippen LogP contribution in [0.4, 0.5) is 5.69 Å². The summed E-state index contributed by atoms with van der Waals surface area (Å²) in [6, 6.07) is 4.72. The van der Waals surface area contributed by atoms with Crippen molar-refractivity contribution in [1.29, 1.82) is 0 Å².